The van der Waals surface area contributed by atoms with Crippen LogP contribution in [0, 0.1) is 5.92 Å². The minimum atomic E-state index is 0.166. The number of benzene rings is 2. The van der Waals surface area contributed by atoms with Crippen molar-refractivity contribution in [1.82, 2.24) is 4.90 Å². The van der Waals surface area contributed by atoms with Gasteiger partial charge in [-0.25, -0.2) is 0 Å². The molecule has 0 aromatic heterocycles. The maximum atomic E-state index is 9.82. The van der Waals surface area contributed by atoms with Crippen LogP contribution in [0.2, 0.25) is 0 Å². The van der Waals surface area contributed by atoms with E-state index in [1.54, 1.807) is 6.07 Å². The van der Waals surface area contributed by atoms with Gasteiger partial charge in [-0.3, -0.25) is 0 Å². The molecule has 0 amide bonds. The molecule has 0 unspecified atom stereocenters. The average molecular weight is 338 g/mol. The number of phenolic OH excluding ortho intramolecular Hbond substituents is 1. The molecule has 1 aliphatic rings. The normalized spacial score (nSPS) is 24.3. The second kappa shape index (κ2) is 8.05. The Morgan fingerprint density at radius 3 is 2.60 bits per heavy atom. The fourth-order valence-electron chi connectivity index (χ4n) is 4.12. The van der Waals surface area contributed by atoms with Gasteiger partial charge in [-0.05, 0) is 73.4 Å². The van der Waals surface area contributed by atoms with E-state index in [2.05, 4.69) is 55.1 Å². The molecule has 0 spiro atoms. The molecule has 25 heavy (non-hydrogen) atoms. The highest BCUT2D eigenvalue weighted by Gasteiger charge is 2.37. The van der Waals surface area contributed by atoms with Crippen LogP contribution in [0.3, 0.4) is 0 Å². The standard InChI is InChI=1S/C23H31NO/c1-19-18-24(15-7-6-11-20-9-4-3-5-10-20)16-14-23(19,2)21-12-8-13-22(25)17-21/h3-5,8-10,12-13,17,19,25H,6-7,11,14-16,18H2,1-2H3/t19-,23-/m0/s1. The monoisotopic (exact) mass is 337 g/mol. The zero-order valence-electron chi connectivity index (χ0n) is 15.6. The molecule has 1 heterocycles. The van der Waals surface area contributed by atoms with Crippen molar-refractivity contribution in [3.05, 3.63) is 65.7 Å². The highest BCUT2D eigenvalue weighted by atomic mass is 16.3. The lowest BCUT2D eigenvalue weighted by molar-refractivity contribution is 0.109. The maximum absolute atomic E-state index is 9.82. The molecule has 134 valence electrons. The lowest BCUT2D eigenvalue weighted by atomic mass is 9.68. The molecule has 2 aromatic rings. The van der Waals surface area contributed by atoms with Crippen LogP contribution in [0.15, 0.2) is 54.6 Å². The van der Waals surface area contributed by atoms with Crippen LogP contribution in [0.5, 0.6) is 5.75 Å². The molecule has 1 saturated heterocycles. The molecule has 1 N–H and O–H groups in total. The Labute approximate surface area is 152 Å². The highest BCUT2D eigenvalue weighted by molar-refractivity contribution is 5.33. The van der Waals surface area contributed by atoms with Crippen LogP contribution in [-0.2, 0) is 11.8 Å². The number of piperidine rings is 1. The fourth-order valence-corrected chi connectivity index (χ4v) is 4.12. The van der Waals surface area contributed by atoms with Gasteiger partial charge in [0.05, 0.1) is 0 Å². The number of aromatic hydroxyl groups is 1. The Morgan fingerprint density at radius 2 is 1.88 bits per heavy atom. The molecule has 1 fully saturated rings. The summed E-state index contributed by atoms with van der Waals surface area (Å²) in [5, 5.41) is 9.82. The van der Waals surface area contributed by atoms with Gasteiger partial charge < -0.3 is 10.0 Å². The van der Waals surface area contributed by atoms with Gasteiger partial charge in [-0.15, -0.1) is 0 Å². The van der Waals surface area contributed by atoms with Crippen LogP contribution in [0.1, 0.15) is 44.2 Å². The van der Waals surface area contributed by atoms with Gasteiger partial charge in [0.15, 0.2) is 0 Å². The molecular formula is C23H31NO. The largest absolute Gasteiger partial charge is 0.508 e. The average Bonchev–Trinajstić information content (AvgIpc) is 2.63. The van der Waals surface area contributed by atoms with Crippen LogP contribution >= 0.6 is 0 Å². The number of rotatable bonds is 6. The zero-order valence-corrected chi connectivity index (χ0v) is 15.6. The third-order valence-electron chi connectivity index (χ3n) is 6.11. The summed E-state index contributed by atoms with van der Waals surface area (Å²) in [6.45, 7) is 8.23. The number of nitrogens with zero attached hydrogens (tertiary/aromatic N) is 1. The van der Waals surface area contributed by atoms with E-state index in [0.29, 0.717) is 11.7 Å². The van der Waals surface area contributed by atoms with Crippen molar-refractivity contribution in [2.24, 2.45) is 5.92 Å². The topological polar surface area (TPSA) is 23.5 Å². The number of likely N-dealkylation sites (tertiary alicyclic amines) is 1. The predicted molar refractivity (Wildman–Crippen MR) is 105 cm³/mol. The molecule has 2 nitrogen and oxygen atoms in total. The number of phenols is 1. The SMILES string of the molecule is C[C@H]1CN(CCCCc2ccccc2)CC[C@]1(C)c1cccc(O)c1. The van der Waals surface area contributed by atoms with E-state index < -0.39 is 0 Å². The van der Waals surface area contributed by atoms with Gasteiger partial charge in [0.25, 0.3) is 0 Å². The number of hydrogen-bond donors (Lipinski definition) is 1. The van der Waals surface area contributed by atoms with Crippen LogP contribution in [0.4, 0.5) is 0 Å². The van der Waals surface area contributed by atoms with E-state index in [4.69, 9.17) is 0 Å². The van der Waals surface area contributed by atoms with Crippen molar-refractivity contribution in [3.63, 3.8) is 0 Å². The van der Waals surface area contributed by atoms with Gasteiger partial charge in [-0.2, -0.15) is 0 Å². The summed E-state index contributed by atoms with van der Waals surface area (Å²) in [5.41, 5.74) is 2.90. The Balaban J connectivity index is 1.48. The van der Waals surface area contributed by atoms with Crippen LogP contribution in [0.25, 0.3) is 0 Å². The quantitative estimate of drug-likeness (QED) is 0.749. The third kappa shape index (κ3) is 4.43. The molecule has 1 aliphatic heterocycles. The molecule has 2 atom stereocenters. The van der Waals surface area contributed by atoms with Gasteiger partial charge in [-0.1, -0.05) is 56.3 Å². The van der Waals surface area contributed by atoms with Gasteiger partial charge in [0, 0.05) is 6.54 Å². The summed E-state index contributed by atoms with van der Waals surface area (Å²) in [4.78, 5) is 2.63. The first-order chi connectivity index (χ1) is 12.1. The highest BCUT2D eigenvalue weighted by Crippen LogP contribution is 2.40. The summed E-state index contributed by atoms with van der Waals surface area (Å²) in [6.07, 6.45) is 4.88. The van der Waals surface area contributed by atoms with Crippen molar-refractivity contribution in [3.8, 4) is 5.75 Å². The molecule has 3 rings (SSSR count). The lowest BCUT2D eigenvalue weighted by Crippen LogP contribution is -2.47. The Hall–Kier alpha value is -1.80. The number of unbranched alkanes of at least 4 members (excludes halogenated alkanes) is 1. The van der Waals surface area contributed by atoms with Crippen molar-refractivity contribution in [2.45, 2.75) is 44.9 Å². The zero-order chi connectivity index (χ0) is 17.7. The molecule has 0 bridgehead atoms. The van der Waals surface area contributed by atoms with Gasteiger partial charge >= 0.3 is 0 Å². The van der Waals surface area contributed by atoms with E-state index in [0.717, 1.165) is 19.5 Å². The van der Waals surface area contributed by atoms with E-state index in [1.165, 1.54) is 36.9 Å². The Bertz CT molecular complexity index is 669. The smallest absolute Gasteiger partial charge is 0.115 e. The maximum Gasteiger partial charge on any atom is 0.115 e. The van der Waals surface area contributed by atoms with Crippen molar-refractivity contribution >= 4 is 0 Å². The van der Waals surface area contributed by atoms with Crippen molar-refractivity contribution in [1.29, 1.82) is 0 Å². The first-order valence-electron chi connectivity index (χ1n) is 9.64. The second-order valence-electron chi connectivity index (χ2n) is 7.86. The van der Waals surface area contributed by atoms with E-state index in [1.807, 2.05) is 12.1 Å². The predicted octanol–water partition coefficient (Wildman–Crippen LogP) is 5.01. The lowest BCUT2D eigenvalue weighted by Gasteiger charge is -2.45. The molecule has 0 aliphatic carbocycles. The first-order valence-corrected chi connectivity index (χ1v) is 9.64. The summed E-state index contributed by atoms with van der Waals surface area (Å²) < 4.78 is 0. The van der Waals surface area contributed by atoms with E-state index in [9.17, 15) is 5.11 Å². The van der Waals surface area contributed by atoms with Gasteiger partial charge in [0.1, 0.15) is 5.75 Å². The molecule has 2 heteroatoms. The summed E-state index contributed by atoms with van der Waals surface area (Å²) >= 11 is 0. The van der Waals surface area contributed by atoms with E-state index in [-0.39, 0.29) is 5.41 Å². The minimum absolute atomic E-state index is 0.166. The second-order valence-corrected chi connectivity index (χ2v) is 7.86. The molecular weight excluding hydrogens is 306 g/mol. The number of aryl methyl sites for hydroxylation is 1. The first kappa shape index (κ1) is 18.0. The van der Waals surface area contributed by atoms with Crippen molar-refractivity contribution < 1.29 is 5.11 Å². The summed E-state index contributed by atoms with van der Waals surface area (Å²) in [6, 6.07) is 18.7. The van der Waals surface area contributed by atoms with E-state index >= 15 is 0 Å². The van der Waals surface area contributed by atoms with Crippen LogP contribution in [-0.4, -0.2) is 29.6 Å². The third-order valence-corrected chi connectivity index (χ3v) is 6.11. The van der Waals surface area contributed by atoms with Gasteiger partial charge in [0.2, 0.25) is 0 Å². The molecule has 2 aromatic carbocycles. The Morgan fingerprint density at radius 1 is 1.08 bits per heavy atom. The minimum Gasteiger partial charge on any atom is -0.508 e. The fraction of sp³-hybridized carbons (Fsp3) is 0.478. The summed E-state index contributed by atoms with van der Waals surface area (Å²) in [5.74, 6) is 0.978. The van der Waals surface area contributed by atoms with Crippen molar-refractivity contribution in [2.75, 3.05) is 19.6 Å². The molecule has 0 radical (unpaired) electrons. The number of hydrogen-bond acceptors (Lipinski definition) is 2. The Kier molecular flexibility index (Phi) is 5.80. The van der Waals surface area contributed by atoms with Crippen LogP contribution < -0.4 is 0 Å². The summed E-state index contributed by atoms with van der Waals surface area (Å²) in [7, 11) is 0. The molecule has 0 saturated carbocycles.